The van der Waals surface area contributed by atoms with Gasteiger partial charge in [-0.2, -0.15) is 0 Å². The molecular formula is C17H28N2OS. The van der Waals surface area contributed by atoms with Crippen molar-refractivity contribution < 1.29 is 4.79 Å². The molecule has 0 aromatic heterocycles. The zero-order valence-corrected chi connectivity index (χ0v) is 14.6. The number of hydrogen-bond acceptors (Lipinski definition) is 3. The summed E-state index contributed by atoms with van der Waals surface area (Å²) in [6.07, 6.45) is 1.96. The van der Waals surface area contributed by atoms with Gasteiger partial charge in [0.25, 0.3) is 0 Å². The Bertz CT molecular complexity index is 429. The molecule has 2 unspecified atom stereocenters. The van der Waals surface area contributed by atoms with Gasteiger partial charge < -0.3 is 10.6 Å². The number of carbonyl (C=O) groups excluding carboxylic acids is 1. The van der Waals surface area contributed by atoms with Crippen LogP contribution in [0.2, 0.25) is 0 Å². The van der Waals surface area contributed by atoms with Crippen molar-refractivity contribution >= 4 is 17.7 Å². The van der Waals surface area contributed by atoms with Gasteiger partial charge in [0.1, 0.15) is 0 Å². The molecule has 2 atom stereocenters. The summed E-state index contributed by atoms with van der Waals surface area (Å²) < 4.78 is 0. The molecule has 0 aliphatic rings. The largest absolute Gasteiger partial charge is 0.352 e. The summed E-state index contributed by atoms with van der Waals surface area (Å²) in [6, 6.07) is 9.06. The summed E-state index contributed by atoms with van der Waals surface area (Å²) >= 11 is 1.61. The van der Waals surface area contributed by atoms with E-state index in [-0.39, 0.29) is 11.2 Å². The van der Waals surface area contributed by atoms with Crippen molar-refractivity contribution in [2.24, 2.45) is 0 Å². The molecule has 4 heteroatoms. The minimum atomic E-state index is -0.0711. The first kappa shape index (κ1) is 18.1. The highest BCUT2D eigenvalue weighted by Gasteiger charge is 2.17. The average molecular weight is 308 g/mol. The van der Waals surface area contributed by atoms with Gasteiger partial charge in [0.15, 0.2) is 0 Å². The molecule has 0 saturated heterocycles. The summed E-state index contributed by atoms with van der Waals surface area (Å²) in [5.41, 5.74) is 1.26. The predicted molar refractivity (Wildman–Crippen MR) is 91.7 cm³/mol. The zero-order valence-electron chi connectivity index (χ0n) is 13.8. The molecule has 2 N–H and O–H groups in total. The van der Waals surface area contributed by atoms with Gasteiger partial charge in [-0.3, -0.25) is 4.79 Å². The Kier molecular flexibility index (Phi) is 7.83. The zero-order chi connectivity index (χ0) is 15.8. The number of thioether (sulfide) groups is 1. The second-order valence-corrected chi connectivity index (χ2v) is 6.78. The fourth-order valence-corrected chi connectivity index (χ4v) is 2.95. The second kappa shape index (κ2) is 9.11. The van der Waals surface area contributed by atoms with Crippen molar-refractivity contribution in [2.45, 2.75) is 62.8 Å². The fourth-order valence-electron chi connectivity index (χ4n) is 2.07. The lowest BCUT2D eigenvalue weighted by atomic mass is 10.1. The first-order chi connectivity index (χ1) is 10.0. The fraction of sp³-hybridized carbons (Fsp3) is 0.588. The highest BCUT2D eigenvalue weighted by atomic mass is 32.2. The second-order valence-electron chi connectivity index (χ2n) is 5.36. The Hall–Kier alpha value is -1.00. The van der Waals surface area contributed by atoms with Crippen molar-refractivity contribution in [2.75, 3.05) is 7.05 Å². The lowest BCUT2D eigenvalue weighted by Crippen LogP contribution is -2.38. The van der Waals surface area contributed by atoms with E-state index in [1.165, 1.54) is 5.56 Å². The molecule has 3 nitrogen and oxygen atoms in total. The third-order valence-electron chi connectivity index (χ3n) is 3.83. The van der Waals surface area contributed by atoms with Crippen LogP contribution in [-0.4, -0.2) is 24.2 Å². The number of benzene rings is 1. The third kappa shape index (κ3) is 5.71. The van der Waals surface area contributed by atoms with Crippen LogP contribution in [0.4, 0.5) is 0 Å². The van der Waals surface area contributed by atoms with E-state index in [1.54, 1.807) is 11.8 Å². The molecule has 1 aromatic carbocycles. The first-order valence-electron chi connectivity index (χ1n) is 7.76. The van der Waals surface area contributed by atoms with E-state index in [4.69, 9.17) is 0 Å². The Labute approximate surface area is 133 Å². The maximum atomic E-state index is 12.2. The molecule has 0 aliphatic heterocycles. The summed E-state index contributed by atoms with van der Waals surface area (Å²) in [6.45, 7) is 8.31. The van der Waals surface area contributed by atoms with E-state index in [1.807, 2.05) is 14.0 Å². The topological polar surface area (TPSA) is 41.1 Å². The maximum Gasteiger partial charge on any atom is 0.233 e. The molecule has 0 bridgehead atoms. The van der Waals surface area contributed by atoms with Crippen LogP contribution >= 0.6 is 11.8 Å². The van der Waals surface area contributed by atoms with E-state index in [0.717, 1.165) is 17.7 Å². The van der Waals surface area contributed by atoms with E-state index >= 15 is 0 Å². The lowest BCUT2D eigenvalue weighted by molar-refractivity contribution is -0.121. The summed E-state index contributed by atoms with van der Waals surface area (Å²) in [5, 5.41) is 6.26. The predicted octanol–water partition coefficient (Wildman–Crippen LogP) is 3.75. The Morgan fingerprint density at radius 2 is 1.71 bits per heavy atom. The number of rotatable bonds is 8. The molecule has 1 aromatic rings. The normalized spacial score (nSPS) is 14.0. The number of hydrogen-bond donors (Lipinski definition) is 2. The van der Waals surface area contributed by atoms with Gasteiger partial charge >= 0.3 is 0 Å². The van der Waals surface area contributed by atoms with Crippen molar-refractivity contribution in [1.82, 2.24) is 10.6 Å². The quantitative estimate of drug-likeness (QED) is 0.719. The van der Waals surface area contributed by atoms with Crippen LogP contribution in [0, 0.1) is 0 Å². The number of nitrogens with one attached hydrogen (secondary N) is 2. The van der Waals surface area contributed by atoms with Gasteiger partial charge in [-0.1, -0.05) is 26.0 Å². The minimum absolute atomic E-state index is 0.0711. The van der Waals surface area contributed by atoms with Crippen LogP contribution in [-0.2, 0) is 4.79 Å². The van der Waals surface area contributed by atoms with Crippen LogP contribution < -0.4 is 10.6 Å². The van der Waals surface area contributed by atoms with Gasteiger partial charge in [-0.05, 0) is 51.4 Å². The highest BCUT2D eigenvalue weighted by Crippen LogP contribution is 2.25. The van der Waals surface area contributed by atoms with E-state index < -0.39 is 0 Å². The van der Waals surface area contributed by atoms with Crippen molar-refractivity contribution in [3.8, 4) is 0 Å². The average Bonchev–Trinajstić information content (AvgIpc) is 2.52. The van der Waals surface area contributed by atoms with E-state index in [0.29, 0.717) is 12.1 Å². The van der Waals surface area contributed by atoms with Gasteiger partial charge in [-0.25, -0.2) is 0 Å². The van der Waals surface area contributed by atoms with Gasteiger partial charge in [-0.15, -0.1) is 11.8 Å². The highest BCUT2D eigenvalue weighted by molar-refractivity contribution is 8.00. The molecule has 0 saturated carbocycles. The van der Waals surface area contributed by atoms with E-state index in [2.05, 4.69) is 55.7 Å². The molecule has 0 radical (unpaired) electrons. The standard InChI is InChI=1S/C17H28N2OS/c1-6-15(7-2)19-17(20)13(4)21-16-10-8-14(9-11-16)12(3)18-5/h8-13,15,18H,6-7H2,1-5H3,(H,19,20). The molecular weight excluding hydrogens is 280 g/mol. The molecule has 0 fully saturated rings. The van der Waals surface area contributed by atoms with Crippen LogP contribution in [0.5, 0.6) is 0 Å². The molecule has 1 rings (SSSR count). The summed E-state index contributed by atoms with van der Waals surface area (Å²) in [5.74, 6) is 0.126. The Morgan fingerprint density at radius 1 is 1.14 bits per heavy atom. The molecule has 0 spiro atoms. The Balaban J connectivity index is 2.58. The Morgan fingerprint density at radius 3 is 2.19 bits per heavy atom. The minimum Gasteiger partial charge on any atom is -0.352 e. The van der Waals surface area contributed by atoms with Crippen molar-refractivity contribution in [1.29, 1.82) is 0 Å². The van der Waals surface area contributed by atoms with Crippen molar-refractivity contribution in [3.05, 3.63) is 29.8 Å². The first-order valence-corrected chi connectivity index (χ1v) is 8.64. The molecule has 0 heterocycles. The van der Waals surface area contributed by atoms with Gasteiger partial charge in [0, 0.05) is 17.0 Å². The molecule has 21 heavy (non-hydrogen) atoms. The molecule has 1 amide bonds. The summed E-state index contributed by atoms with van der Waals surface area (Å²) in [4.78, 5) is 13.3. The van der Waals surface area contributed by atoms with Crippen LogP contribution in [0.25, 0.3) is 0 Å². The van der Waals surface area contributed by atoms with E-state index in [9.17, 15) is 4.79 Å². The number of amides is 1. The molecule has 118 valence electrons. The SMILES string of the molecule is CCC(CC)NC(=O)C(C)Sc1ccc(C(C)NC)cc1. The van der Waals surface area contributed by atoms with Gasteiger partial charge in [0.2, 0.25) is 5.91 Å². The third-order valence-corrected chi connectivity index (χ3v) is 4.94. The monoisotopic (exact) mass is 308 g/mol. The van der Waals surface area contributed by atoms with Crippen LogP contribution in [0.1, 0.15) is 52.1 Å². The van der Waals surface area contributed by atoms with Gasteiger partial charge in [0.05, 0.1) is 5.25 Å². The smallest absolute Gasteiger partial charge is 0.233 e. The maximum absolute atomic E-state index is 12.2. The van der Waals surface area contributed by atoms with Crippen molar-refractivity contribution in [3.63, 3.8) is 0 Å². The summed E-state index contributed by atoms with van der Waals surface area (Å²) in [7, 11) is 1.96. The van der Waals surface area contributed by atoms with Crippen LogP contribution in [0.3, 0.4) is 0 Å². The lowest BCUT2D eigenvalue weighted by Gasteiger charge is -2.18. The molecule has 0 aliphatic carbocycles. The number of carbonyl (C=O) groups is 1. The van der Waals surface area contributed by atoms with Crippen LogP contribution in [0.15, 0.2) is 29.2 Å².